The molecule has 1 heterocycles. The van der Waals surface area contributed by atoms with Crippen molar-refractivity contribution in [3.63, 3.8) is 0 Å². The summed E-state index contributed by atoms with van der Waals surface area (Å²) >= 11 is 8.89. The number of carboxylic acid groups (broad SMARTS) is 1. The zero-order valence-corrected chi connectivity index (χ0v) is 14.0. The molecule has 1 fully saturated rings. The summed E-state index contributed by atoms with van der Waals surface area (Å²) in [5.41, 5.74) is -0.275. The lowest BCUT2D eigenvalue weighted by molar-refractivity contribution is 0.0696. The Morgan fingerprint density at radius 3 is 2.81 bits per heavy atom. The highest BCUT2D eigenvalue weighted by atomic mass is 79.9. The number of halogens is 2. The van der Waals surface area contributed by atoms with Crippen LogP contribution in [0, 0.1) is 0 Å². The van der Waals surface area contributed by atoms with Gasteiger partial charge in [-0.15, -0.1) is 0 Å². The standard InChI is InChI=1S/C12H13BrClNO5S/c13-10-5-8(4-9(11(10)14)12(16)17)21(18,19)15-6-7-2-1-3-20-7/h4-5,7,15H,1-3,6H2,(H,16,17). The van der Waals surface area contributed by atoms with Crippen molar-refractivity contribution < 1.29 is 23.1 Å². The minimum atomic E-state index is -3.83. The Hall–Kier alpha value is -0.670. The second kappa shape index (κ2) is 6.62. The van der Waals surface area contributed by atoms with Crippen LogP contribution in [0.2, 0.25) is 5.02 Å². The monoisotopic (exact) mass is 397 g/mol. The average Bonchev–Trinajstić information content (AvgIpc) is 2.92. The summed E-state index contributed by atoms with van der Waals surface area (Å²) in [6.45, 7) is 0.785. The summed E-state index contributed by atoms with van der Waals surface area (Å²) in [5.74, 6) is -1.29. The predicted octanol–water partition coefficient (Wildman–Crippen LogP) is 2.26. The van der Waals surface area contributed by atoms with Crippen molar-refractivity contribution in [2.75, 3.05) is 13.2 Å². The molecule has 1 aromatic rings. The number of hydrogen-bond acceptors (Lipinski definition) is 4. The van der Waals surface area contributed by atoms with Crippen molar-refractivity contribution in [1.82, 2.24) is 4.72 Å². The number of sulfonamides is 1. The lowest BCUT2D eigenvalue weighted by Crippen LogP contribution is -2.32. The first-order valence-electron chi connectivity index (χ1n) is 6.15. The molecule has 1 unspecified atom stereocenters. The Morgan fingerprint density at radius 1 is 1.52 bits per heavy atom. The third-order valence-electron chi connectivity index (χ3n) is 3.07. The van der Waals surface area contributed by atoms with Gasteiger partial charge in [-0.3, -0.25) is 0 Å². The van der Waals surface area contributed by atoms with Crippen molar-refractivity contribution in [2.24, 2.45) is 0 Å². The number of rotatable bonds is 5. The van der Waals surface area contributed by atoms with Gasteiger partial charge in [0.15, 0.2) is 0 Å². The summed E-state index contributed by atoms with van der Waals surface area (Å²) in [5, 5.41) is 9.00. The fourth-order valence-corrected chi connectivity index (χ4v) is 3.89. The zero-order chi connectivity index (χ0) is 15.6. The van der Waals surface area contributed by atoms with Gasteiger partial charge in [0.1, 0.15) is 0 Å². The Labute approximate surface area is 135 Å². The highest BCUT2D eigenvalue weighted by molar-refractivity contribution is 9.10. The third-order valence-corrected chi connectivity index (χ3v) is 5.73. The number of hydrogen-bond donors (Lipinski definition) is 2. The van der Waals surface area contributed by atoms with E-state index in [9.17, 15) is 13.2 Å². The van der Waals surface area contributed by atoms with E-state index in [1.54, 1.807) is 0 Å². The molecule has 0 aromatic heterocycles. The maximum Gasteiger partial charge on any atom is 0.337 e. The van der Waals surface area contributed by atoms with Gasteiger partial charge in [0.2, 0.25) is 10.0 Å². The molecule has 116 valence electrons. The van der Waals surface area contributed by atoms with E-state index in [0.29, 0.717) is 6.61 Å². The van der Waals surface area contributed by atoms with Gasteiger partial charge in [-0.2, -0.15) is 0 Å². The van der Waals surface area contributed by atoms with Gasteiger partial charge in [-0.1, -0.05) is 11.6 Å². The summed E-state index contributed by atoms with van der Waals surface area (Å²) in [7, 11) is -3.83. The van der Waals surface area contributed by atoms with Crippen LogP contribution in [-0.4, -0.2) is 38.7 Å². The third kappa shape index (κ3) is 3.95. The van der Waals surface area contributed by atoms with Crippen LogP contribution in [0.1, 0.15) is 23.2 Å². The normalized spacial score (nSPS) is 18.9. The molecular weight excluding hydrogens is 386 g/mol. The van der Waals surface area contributed by atoms with Crippen LogP contribution in [0.25, 0.3) is 0 Å². The van der Waals surface area contributed by atoms with Crippen molar-refractivity contribution >= 4 is 43.5 Å². The molecule has 1 aromatic carbocycles. The van der Waals surface area contributed by atoms with E-state index in [1.165, 1.54) is 6.07 Å². The number of ether oxygens (including phenoxy) is 1. The van der Waals surface area contributed by atoms with Crippen LogP contribution in [-0.2, 0) is 14.8 Å². The Balaban J connectivity index is 2.24. The maximum atomic E-state index is 12.2. The van der Waals surface area contributed by atoms with E-state index in [1.807, 2.05) is 0 Å². The zero-order valence-electron chi connectivity index (χ0n) is 10.8. The minimum Gasteiger partial charge on any atom is -0.478 e. The largest absolute Gasteiger partial charge is 0.478 e. The molecule has 0 radical (unpaired) electrons. The van der Waals surface area contributed by atoms with Crippen LogP contribution in [0.5, 0.6) is 0 Å². The van der Waals surface area contributed by atoms with E-state index in [4.69, 9.17) is 21.4 Å². The van der Waals surface area contributed by atoms with E-state index >= 15 is 0 Å². The Kier molecular flexibility index (Phi) is 5.26. The molecule has 1 aliphatic heterocycles. The van der Waals surface area contributed by atoms with E-state index in [0.717, 1.165) is 18.9 Å². The van der Waals surface area contributed by atoms with Crippen molar-refractivity contribution in [3.8, 4) is 0 Å². The Bertz CT molecular complexity index is 658. The summed E-state index contributed by atoms with van der Waals surface area (Å²) in [6.07, 6.45) is 1.56. The van der Waals surface area contributed by atoms with Crippen LogP contribution in [0.15, 0.2) is 21.5 Å². The average molecular weight is 399 g/mol. The SMILES string of the molecule is O=C(O)c1cc(S(=O)(=O)NCC2CCCO2)cc(Br)c1Cl. The van der Waals surface area contributed by atoms with E-state index in [2.05, 4.69) is 20.7 Å². The Morgan fingerprint density at radius 2 is 2.24 bits per heavy atom. The quantitative estimate of drug-likeness (QED) is 0.793. The second-order valence-electron chi connectivity index (χ2n) is 4.56. The van der Waals surface area contributed by atoms with Gasteiger partial charge in [0.25, 0.3) is 0 Å². The first kappa shape index (κ1) is 16.7. The first-order chi connectivity index (χ1) is 9.81. The fourth-order valence-electron chi connectivity index (χ4n) is 1.97. The maximum absolute atomic E-state index is 12.2. The number of aromatic carboxylic acids is 1. The lowest BCUT2D eigenvalue weighted by atomic mass is 10.2. The van der Waals surface area contributed by atoms with Gasteiger partial charge in [-0.25, -0.2) is 17.9 Å². The molecule has 21 heavy (non-hydrogen) atoms. The molecule has 0 amide bonds. The molecule has 2 rings (SSSR count). The predicted molar refractivity (Wildman–Crippen MR) is 80.3 cm³/mol. The summed E-state index contributed by atoms with van der Waals surface area (Å²) < 4.78 is 32.4. The second-order valence-corrected chi connectivity index (χ2v) is 7.56. The highest BCUT2D eigenvalue weighted by Crippen LogP contribution is 2.30. The number of carboxylic acids is 1. The van der Waals surface area contributed by atoms with Crippen LogP contribution < -0.4 is 4.72 Å². The van der Waals surface area contributed by atoms with Gasteiger partial charge in [0, 0.05) is 17.6 Å². The first-order valence-corrected chi connectivity index (χ1v) is 8.80. The molecule has 0 bridgehead atoms. The molecule has 0 aliphatic carbocycles. The fraction of sp³-hybridized carbons (Fsp3) is 0.417. The van der Waals surface area contributed by atoms with Gasteiger partial charge in [0.05, 0.1) is 21.6 Å². The topological polar surface area (TPSA) is 92.7 Å². The lowest BCUT2D eigenvalue weighted by Gasteiger charge is -2.12. The van der Waals surface area contributed by atoms with E-state index in [-0.39, 0.29) is 32.6 Å². The van der Waals surface area contributed by atoms with Gasteiger partial charge >= 0.3 is 5.97 Å². The molecule has 1 saturated heterocycles. The number of nitrogens with one attached hydrogen (secondary N) is 1. The number of benzene rings is 1. The van der Waals surface area contributed by atoms with Gasteiger partial charge < -0.3 is 9.84 Å². The highest BCUT2D eigenvalue weighted by Gasteiger charge is 2.23. The van der Waals surface area contributed by atoms with Crippen molar-refractivity contribution in [1.29, 1.82) is 0 Å². The van der Waals surface area contributed by atoms with E-state index < -0.39 is 16.0 Å². The van der Waals surface area contributed by atoms with Crippen LogP contribution >= 0.6 is 27.5 Å². The molecule has 6 nitrogen and oxygen atoms in total. The molecule has 1 atom stereocenters. The van der Waals surface area contributed by atoms with Crippen molar-refractivity contribution in [2.45, 2.75) is 23.8 Å². The van der Waals surface area contributed by atoms with Crippen LogP contribution in [0.3, 0.4) is 0 Å². The van der Waals surface area contributed by atoms with Crippen LogP contribution in [0.4, 0.5) is 0 Å². The molecule has 0 spiro atoms. The summed E-state index contributed by atoms with van der Waals surface area (Å²) in [4.78, 5) is 10.9. The molecular formula is C12H13BrClNO5S. The smallest absolute Gasteiger partial charge is 0.337 e. The minimum absolute atomic E-state index is 0.0411. The summed E-state index contributed by atoms with van der Waals surface area (Å²) in [6, 6.07) is 2.31. The van der Waals surface area contributed by atoms with Crippen molar-refractivity contribution in [3.05, 3.63) is 27.2 Å². The number of carbonyl (C=O) groups is 1. The molecule has 1 aliphatic rings. The molecule has 2 N–H and O–H groups in total. The molecule has 0 saturated carbocycles. The van der Waals surface area contributed by atoms with Gasteiger partial charge in [-0.05, 0) is 40.9 Å². The molecule has 9 heteroatoms.